The molecule has 24 heavy (non-hydrogen) atoms. The molecule has 3 heteroatoms. The first kappa shape index (κ1) is 17.2. The van der Waals surface area contributed by atoms with Crippen molar-refractivity contribution in [2.24, 2.45) is 10.4 Å². The molecule has 1 aliphatic heterocycles. The summed E-state index contributed by atoms with van der Waals surface area (Å²) in [5.41, 5.74) is 0.0122. The summed E-state index contributed by atoms with van der Waals surface area (Å²) in [4.78, 5) is 4.82. The van der Waals surface area contributed by atoms with Crippen LogP contribution in [-0.2, 0) is 4.74 Å². The van der Waals surface area contributed by atoms with Gasteiger partial charge >= 0.3 is 0 Å². The van der Waals surface area contributed by atoms with Crippen LogP contribution in [0.3, 0.4) is 0 Å². The number of hydrogen-bond acceptors (Lipinski definition) is 2. The molecule has 2 nitrogen and oxygen atoms in total. The van der Waals surface area contributed by atoms with Gasteiger partial charge in [0.2, 0.25) is 0 Å². The Morgan fingerprint density at radius 3 is 1.96 bits per heavy atom. The summed E-state index contributed by atoms with van der Waals surface area (Å²) in [6.45, 7) is 7.22. The van der Waals surface area contributed by atoms with Crippen LogP contribution in [0.1, 0.15) is 27.2 Å². The molecular formula is C21H26NOP. The Morgan fingerprint density at radius 2 is 1.50 bits per heavy atom. The van der Waals surface area contributed by atoms with Crippen LogP contribution in [0.15, 0.2) is 65.7 Å². The second kappa shape index (κ2) is 7.49. The lowest BCUT2D eigenvalue weighted by molar-refractivity contribution is 0.281. The maximum Gasteiger partial charge on any atom is 0.189 e. The van der Waals surface area contributed by atoms with Gasteiger partial charge in [0.05, 0.1) is 6.04 Å². The zero-order valence-electron chi connectivity index (χ0n) is 14.8. The Balaban J connectivity index is 1.73. The molecule has 0 saturated heterocycles. The number of rotatable bonds is 5. The van der Waals surface area contributed by atoms with E-state index in [9.17, 15) is 0 Å². The first-order valence-electron chi connectivity index (χ1n) is 8.63. The van der Waals surface area contributed by atoms with Crippen molar-refractivity contribution in [3.05, 3.63) is 60.7 Å². The van der Waals surface area contributed by atoms with Crippen molar-refractivity contribution in [1.82, 2.24) is 0 Å². The molecule has 126 valence electrons. The Bertz CT molecular complexity index is 636. The van der Waals surface area contributed by atoms with E-state index >= 15 is 0 Å². The van der Waals surface area contributed by atoms with Gasteiger partial charge in [-0.15, -0.1) is 0 Å². The molecule has 0 radical (unpaired) electrons. The van der Waals surface area contributed by atoms with Crippen molar-refractivity contribution >= 4 is 24.4 Å². The topological polar surface area (TPSA) is 21.6 Å². The summed E-state index contributed by atoms with van der Waals surface area (Å²) in [6, 6.07) is 22.1. The largest absolute Gasteiger partial charge is 0.478 e. The highest BCUT2D eigenvalue weighted by molar-refractivity contribution is 7.73. The van der Waals surface area contributed by atoms with Crippen LogP contribution in [-0.4, -0.2) is 24.7 Å². The first-order valence-corrected chi connectivity index (χ1v) is 10.2. The van der Waals surface area contributed by atoms with Crippen molar-refractivity contribution in [3.63, 3.8) is 0 Å². The number of benzene rings is 2. The highest BCUT2D eigenvalue weighted by Crippen LogP contribution is 2.35. The Morgan fingerprint density at radius 1 is 0.958 bits per heavy atom. The van der Waals surface area contributed by atoms with Crippen LogP contribution in [0, 0.1) is 5.41 Å². The third-order valence-electron chi connectivity index (χ3n) is 4.18. The van der Waals surface area contributed by atoms with E-state index < -0.39 is 0 Å². The smallest absolute Gasteiger partial charge is 0.189 e. The minimum atomic E-state index is -0.334. The average Bonchev–Trinajstić information content (AvgIpc) is 3.06. The standard InChI is InChI=1S/C21H26NOP/c1-21(2,3)20-22-17(16-23-20)14-15-24(18-10-6-4-7-11-18)19-12-8-5-9-13-19/h4-13,17H,14-16H2,1-3H3. The van der Waals surface area contributed by atoms with Crippen LogP contribution in [0.4, 0.5) is 0 Å². The number of ether oxygens (including phenoxy) is 1. The minimum absolute atomic E-state index is 0.0122. The molecule has 0 aliphatic carbocycles. The van der Waals surface area contributed by atoms with Gasteiger partial charge in [0.15, 0.2) is 5.90 Å². The molecule has 1 atom stereocenters. The maximum atomic E-state index is 5.83. The van der Waals surface area contributed by atoms with Crippen molar-refractivity contribution in [3.8, 4) is 0 Å². The summed E-state index contributed by atoms with van der Waals surface area (Å²) < 4.78 is 5.83. The highest BCUT2D eigenvalue weighted by Gasteiger charge is 2.28. The van der Waals surface area contributed by atoms with Gasteiger partial charge in [-0.2, -0.15) is 0 Å². The van der Waals surface area contributed by atoms with Gasteiger partial charge in [0, 0.05) is 5.41 Å². The molecule has 1 unspecified atom stereocenters. The summed E-state index contributed by atoms with van der Waals surface area (Å²) in [5.74, 6) is 0.913. The molecule has 2 aromatic carbocycles. The molecule has 0 fully saturated rings. The van der Waals surface area contributed by atoms with Crippen LogP contribution >= 0.6 is 7.92 Å². The SMILES string of the molecule is CC(C)(C)C1=NC(CCP(c2ccccc2)c2ccccc2)CO1. The monoisotopic (exact) mass is 339 g/mol. The molecule has 0 N–H and O–H groups in total. The number of aliphatic imine (C=N–C) groups is 1. The quantitative estimate of drug-likeness (QED) is 0.742. The molecule has 3 rings (SSSR count). The maximum absolute atomic E-state index is 5.83. The van der Waals surface area contributed by atoms with Gasteiger partial charge in [0.1, 0.15) is 6.61 Å². The van der Waals surface area contributed by atoms with Gasteiger partial charge in [-0.25, -0.2) is 4.99 Å². The van der Waals surface area contributed by atoms with Crippen LogP contribution in [0.25, 0.3) is 0 Å². The van der Waals surface area contributed by atoms with Crippen LogP contribution < -0.4 is 10.6 Å². The lowest BCUT2D eigenvalue weighted by Crippen LogP contribution is -2.20. The molecule has 0 spiro atoms. The lowest BCUT2D eigenvalue weighted by atomic mass is 9.97. The minimum Gasteiger partial charge on any atom is -0.478 e. The van der Waals surface area contributed by atoms with Crippen molar-refractivity contribution in [2.75, 3.05) is 12.8 Å². The summed E-state index contributed by atoms with van der Waals surface area (Å²) in [5, 5.41) is 2.88. The molecule has 0 bridgehead atoms. The van der Waals surface area contributed by atoms with E-state index in [0.29, 0.717) is 6.04 Å². The lowest BCUT2D eigenvalue weighted by Gasteiger charge is -2.19. The molecule has 0 aromatic heterocycles. The third-order valence-corrected chi connectivity index (χ3v) is 6.72. The van der Waals surface area contributed by atoms with E-state index in [1.54, 1.807) is 0 Å². The normalized spacial score (nSPS) is 17.7. The Kier molecular flexibility index (Phi) is 5.36. The van der Waals surface area contributed by atoms with Gasteiger partial charge in [0.25, 0.3) is 0 Å². The fourth-order valence-electron chi connectivity index (χ4n) is 2.87. The summed E-state index contributed by atoms with van der Waals surface area (Å²) in [7, 11) is -0.334. The predicted octanol–water partition coefficient (Wildman–Crippen LogP) is 4.35. The van der Waals surface area contributed by atoms with Crippen LogP contribution in [0.2, 0.25) is 0 Å². The van der Waals surface area contributed by atoms with Crippen molar-refractivity contribution in [1.29, 1.82) is 0 Å². The zero-order valence-corrected chi connectivity index (χ0v) is 15.7. The van der Waals surface area contributed by atoms with Gasteiger partial charge in [-0.1, -0.05) is 81.4 Å². The van der Waals surface area contributed by atoms with E-state index in [2.05, 4.69) is 81.4 Å². The summed E-state index contributed by atoms with van der Waals surface area (Å²) >= 11 is 0. The molecule has 2 aromatic rings. The van der Waals surface area contributed by atoms with Gasteiger partial charge in [-0.05, 0) is 31.1 Å². The zero-order chi connectivity index (χ0) is 17.0. The first-order chi connectivity index (χ1) is 11.5. The highest BCUT2D eigenvalue weighted by atomic mass is 31.1. The van der Waals surface area contributed by atoms with Crippen molar-refractivity contribution < 1.29 is 4.74 Å². The van der Waals surface area contributed by atoms with Crippen molar-refractivity contribution in [2.45, 2.75) is 33.2 Å². The third kappa shape index (κ3) is 4.24. The second-order valence-electron chi connectivity index (χ2n) is 7.26. The Labute approximate surface area is 146 Å². The van der Waals surface area contributed by atoms with E-state index in [1.165, 1.54) is 10.6 Å². The summed E-state index contributed by atoms with van der Waals surface area (Å²) in [6.07, 6.45) is 2.23. The fraction of sp³-hybridized carbons (Fsp3) is 0.381. The fourth-order valence-corrected chi connectivity index (χ4v) is 5.31. The van der Waals surface area contributed by atoms with Gasteiger partial charge < -0.3 is 4.74 Å². The molecule has 1 heterocycles. The molecule has 0 saturated carbocycles. The second-order valence-corrected chi connectivity index (χ2v) is 9.60. The molecule has 0 amide bonds. The molecular weight excluding hydrogens is 313 g/mol. The predicted molar refractivity (Wildman–Crippen MR) is 105 cm³/mol. The Hall–Kier alpha value is -1.66. The van der Waals surface area contributed by atoms with E-state index in [4.69, 9.17) is 9.73 Å². The van der Waals surface area contributed by atoms with Crippen LogP contribution in [0.5, 0.6) is 0 Å². The van der Waals surface area contributed by atoms with E-state index in [-0.39, 0.29) is 13.3 Å². The van der Waals surface area contributed by atoms with Gasteiger partial charge in [-0.3, -0.25) is 0 Å². The van der Waals surface area contributed by atoms with E-state index in [1.807, 2.05) is 0 Å². The molecule has 1 aliphatic rings. The average molecular weight is 339 g/mol. The number of nitrogens with zero attached hydrogens (tertiary/aromatic N) is 1. The van der Waals surface area contributed by atoms with E-state index in [0.717, 1.165) is 25.1 Å². The number of hydrogen-bond donors (Lipinski definition) is 0.